The Balaban J connectivity index is 3.23. The third-order valence-corrected chi connectivity index (χ3v) is 1.18. The number of aromatic amines is 1. The van der Waals surface area contributed by atoms with Crippen molar-refractivity contribution in [3.63, 3.8) is 0 Å². The molecule has 0 bridgehead atoms. The lowest BCUT2D eigenvalue weighted by Gasteiger charge is -1.83. The third-order valence-electron chi connectivity index (χ3n) is 1.18. The molecule has 4 nitrogen and oxygen atoms in total. The molecule has 0 aliphatic rings. The van der Waals surface area contributed by atoms with Gasteiger partial charge in [0.15, 0.2) is 0 Å². The molecule has 0 saturated carbocycles. The van der Waals surface area contributed by atoms with E-state index in [1.165, 1.54) is 0 Å². The van der Waals surface area contributed by atoms with E-state index in [4.69, 9.17) is 5.73 Å². The molecule has 0 unspecified atom stereocenters. The summed E-state index contributed by atoms with van der Waals surface area (Å²) in [5, 5.41) is 2.13. The van der Waals surface area contributed by atoms with Crippen LogP contribution in [0.3, 0.4) is 0 Å². The molecule has 0 aromatic carbocycles. The maximum Gasteiger partial charge on any atom is 0.285 e. The molecule has 0 fully saturated rings. The molecule has 0 spiro atoms. The second-order valence-corrected chi connectivity index (χ2v) is 1.73. The summed E-state index contributed by atoms with van der Waals surface area (Å²) in [6.07, 6.45) is 0.609. The molecule has 9 heavy (non-hydrogen) atoms. The van der Waals surface area contributed by atoms with Crippen LogP contribution in [0.2, 0.25) is 0 Å². The summed E-state index contributed by atoms with van der Waals surface area (Å²) in [6, 6.07) is 0. The Bertz CT molecular complexity index is 248. The Morgan fingerprint density at radius 1 is 1.78 bits per heavy atom. The monoisotopic (exact) mass is 128 g/mol. The molecule has 1 aromatic rings. The van der Waals surface area contributed by atoms with Crippen LogP contribution in [0, 0.1) is 0 Å². The molecule has 0 amide bonds. The largest absolute Gasteiger partial charge is 0.367 e. The van der Waals surface area contributed by atoms with Crippen molar-refractivity contribution in [2.24, 2.45) is 0 Å². The predicted octanol–water partition coefficient (Wildman–Crippen LogP) is 0.113. The number of nitrogen functional groups attached to an aromatic ring is 1. The minimum atomic E-state index is -0.227. The summed E-state index contributed by atoms with van der Waals surface area (Å²) >= 11 is 0. The van der Waals surface area contributed by atoms with Gasteiger partial charge in [-0.25, -0.2) is 0 Å². The van der Waals surface area contributed by atoms with E-state index in [-0.39, 0.29) is 11.4 Å². The highest BCUT2D eigenvalue weighted by Crippen LogP contribution is 2.03. The molecule has 1 rings (SSSR count). The van der Waals surface area contributed by atoms with E-state index in [1.54, 1.807) is 0 Å². The quantitative estimate of drug-likeness (QED) is 0.564. The third kappa shape index (κ3) is 0.826. The van der Waals surface area contributed by atoms with Crippen molar-refractivity contribution in [2.75, 3.05) is 5.73 Å². The van der Waals surface area contributed by atoms with Crippen molar-refractivity contribution >= 4 is 5.88 Å². The number of anilines is 1. The summed E-state index contributed by atoms with van der Waals surface area (Å²) in [7, 11) is 0. The molecule has 0 atom stereocenters. The Morgan fingerprint density at radius 3 is 2.67 bits per heavy atom. The van der Waals surface area contributed by atoms with Gasteiger partial charge in [-0.2, -0.15) is 5.16 Å². The second kappa shape index (κ2) is 1.97. The fourth-order valence-electron chi connectivity index (χ4n) is 0.671. The Morgan fingerprint density at radius 2 is 2.44 bits per heavy atom. The average molecular weight is 128 g/mol. The van der Waals surface area contributed by atoms with Crippen LogP contribution in [0.4, 0.5) is 5.88 Å². The van der Waals surface area contributed by atoms with Crippen LogP contribution in [0.25, 0.3) is 0 Å². The van der Waals surface area contributed by atoms with Crippen LogP contribution in [-0.4, -0.2) is 5.16 Å². The van der Waals surface area contributed by atoms with E-state index in [9.17, 15) is 4.79 Å². The van der Waals surface area contributed by atoms with Gasteiger partial charge >= 0.3 is 0 Å². The first-order chi connectivity index (χ1) is 4.25. The zero-order valence-corrected chi connectivity index (χ0v) is 5.10. The van der Waals surface area contributed by atoms with Crippen LogP contribution in [-0.2, 0) is 6.42 Å². The van der Waals surface area contributed by atoms with E-state index in [0.29, 0.717) is 12.0 Å². The van der Waals surface area contributed by atoms with Gasteiger partial charge in [0.25, 0.3) is 5.56 Å². The lowest BCUT2D eigenvalue weighted by Crippen LogP contribution is -2.04. The summed E-state index contributed by atoms with van der Waals surface area (Å²) in [5.41, 5.74) is 5.55. The number of nitrogens with one attached hydrogen (secondary N) is 1. The summed E-state index contributed by atoms with van der Waals surface area (Å²) in [4.78, 5) is 10.6. The highest BCUT2D eigenvalue weighted by Gasteiger charge is 2.04. The average Bonchev–Trinajstić information content (AvgIpc) is 2.12. The molecule has 1 aromatic heterocycles. The van der Waals surface area contributed by atoms with Crippen LogP contribution >= 0.6 is 0 Å². The highest BCUT2D eigenvalue weighted by molar-refractivity contribution is 5.32. The SMILES string of the molecule is CCc1c(N)o[nH]c1=O. The highest BCUT2D eigenvalue weighted by atomic mass is 16.5. The first-order valence-electron chi connectivity index (χ1n) is 2.71. The van der Waals surface area contributed by atoms with Crippen molar-refractivity contribution < 1.29 is 4.52 Å². The van der Waals surface area contributed by atoms with Gasteiger partial charge in [-0.05, 0) is 6.42 Å². The van der Waals surface area contributed by atoms with Crippen LogP contribution < -0.4 is 11.3 Å². The first-order valence-corrected chi connectivity index (χ1v) is 2.71. The molecule has 4 heteroatoms. The molecule has 1 heterocycles. The minimum Gasteiger partial charge on any atom is -0.367 e. The van der Waals surface area contributed by atoms with Gasteiger partial charge in [0.2, 0.25) is 5.88 Å². The molecule has 3 N–H and O–H groups in total. The number of aromatic nitrogens is 1. The summed E-state index contributed by atoms with van der Waals surface area (Å²) in [5.74, 6) is 0.197. The minimum absolute atomic E-state index is 0.197. The van der Waals surface area contributed by atoms with Crippen molar-refractivity contribution in [2.45, 2.75) is 13.3 Å². The maximum absolute atomic E-state index is 10.6. The Hall–Kier alpha value is -1.19. The fourth-order valence-corrected chi connectivity index (χ4v) is 0.671. The van der Waals surface area contributed by atoms with E-state index in [2.05, 4.69) is 9.68 Å². The zero-order chi connectivity index (χ0) is 6.85. The second-order valence-electron chi connectivity index (χ2n) is 1.73. The topological polar surface area (TPSA) is 72.0 Å². The molecular formula is C5H8N2O2. The van der Waals surface area contributed by atoms with Gasteiger partial charge in [-0.15, -0.1) is 0 Å². The summed E-state index contributed by atoms with van der Waals surface area (Å²) in [6.45, 7) is 1.84. The molecule has 0 saturated heterocycles. The van der Waals surface area contributed by atoms with Crippen LogP contribution in [0.15, 0.2) is 9.32 Å². The van der Waals surface area contributed by atoms with Gasteiger partial charge in [-0.1, -0.05) is 6.92 Å². The van der Waals surface area contributed by atoms with Gasteiger partial charge in [0.05, 0.1) is 5.56 Å². The maximum atomic E-state index is 10.6. The van der Waals surface area contributed by atoms with Crippen LogP contribution in [0.5, 0.6) is 0 Å². The lowest BCUT2D eigenvalue weighted by atomic mass is 10.3. The van der Waals surface area contributed by atoms with Gasteiger partial charge < -0.3 is 10.3 Å². The number of nitrogens with two attached hydrogens (primary N) is 1. The fraction of sp³-hybridized carbons (Fsp3) is 0.400. The van der Waals surface area contributed by atoms with E-state index >= 15 is 0 Å². The molecule has 0 aliphatic carbocycles. The van der Waals surface area contributed by atoms with Crippen LogP contribution in [0.1, 0.15) is 12.5 Å². The van der Waals surface area contributed by atoms with Crippen molar-refractivity contribution in [3.05, 3.63) is 15.9 Å². The van der Waals surface area contributed by atoms with Gasteiger partial charge in [0, 0.05) is 0 Å². The molecular weight excluding hydrogens is 120 g/mol. The zero-order valence-electron chi connectivity index (χ0n) is 5.10. The molecule has 0 aliphatic heterocycles. The van der Waals surface area contributed by atoms with Gasteiger partial charge in [0.1, 0.15) is 0 Å². The Kier molecular flexibility index (Phi) is 1.30. The smallest absolute Gasteiger partial charge is 0.285 e. The van der Waals surface area contributed by atoms with E-state index in [1.807, 2.05) is 6.92 Å². The normalized spacial score (nSPS) is 9.89. The number of H-pyrrole nitrogens is 1. The number of hydrogen-bond donors (Lipinski definition) is 2. The number of rotatable bonds is 1. The van der Waals surface area contributed by atoms with Crippen molar-refractivity contribution in [1.82, 2.24) is 5.16 Å². The molecule has 50 valence electrons. The van der Waals surface area contributed by atoms with Crippen molar-refractivity contribution in [3.8, 4) is 0 Å². The Labute approximate surface area is 51.6 Å². The van der Waals surface area contributed by atoms with Crippen molar-refractivity contribution in [1.29, 1.82) is 0 Å². The van der Waals surface area contributed by atoms with E-state index < -0.39 is 0 Å². The standard InChI is InChI=1S/C5H8N2O2/c1-2-3-4(6)9-7-5(3)8/h2,6H2,1H3,(H,7,8). The first kappa shape index (κ1) is 5.94. The molecule has 0 radical (unpaired) electrons. The van der Waals surface area contributed by atoms with E-state index in [0.717, 1.165) is 0 Å². The van der Waals surface area contributed by atoms with Gasteiger partial charge in [-0.3, -0.25) is 4.79 Å². The summed E-state index contributed by atoms with van der Waals surface area (Å²) < 4.78 is 4.53. The lowest BCUT2D eigenvalue weighted by molar-refractivity contribution is 0.429. The number of hydrogen-bond acceptors (Lipinski definition) is 3. The predicted molar refractivity (Wildman–Crippen MR) is 33.1 cm³/mol.